The van der Waals surface area contributed by atoms with Crippen LogP contribution in [0.5, 0.6) is 0 Å². The molecule has 2 saturated carbocycles. The van der Waals surface area contributed by atoms with Crippen molar-refractivity contribution in [2.45, 2.75) is 83.7 Å². The highest BCUT2D eigenvalue weighted by molar-refractivity contribution is 7.80. The van der Waals surface area contributed by atoms with Gasteiger partial charge in [-0.3, -0.25) is 9.59 Å². The van der Waals surface area contributed by atoms with Crippen LogP contribution in [0.3, 0.4) is 0 Å². The van der Waals surface area contributed by atoms with Crippen LogP contribution in [-0.2, 0) is 14.3 Å². The predicted molar refractivity (Wildman–Crippen MR) is 176 cm³/mol. The Balaban J connectivity index is 0.000000230. The van der Waals surface area contributed by atoms with Crippen LogP contribution in [0.15, 0.2) is 48.5 Å². The molecule has 0 atom stereocenters. The van der Waals surface area contributed by atoms with Crippen LogP contribution in [0.2, 0.25) is 10.0 Å². The number of esters is 1. The number of hydrogen-bond acceptors (Lipinski definition) is 5. The van der Waals surface area contributed by atoms with Crippen LogP contribution >= 0.6 is 35.4 Å². The van der Waals surface area contributed by atoms with Crippen molar-refractivity contribution in [1.29, 1.82) is 0 Å². The number of amides is 1. The fourth-order valence-electron chi connectivity index (χ4n) is 5.92. The van der Waals surface area contributed by atoms with Crippen LogP contribution in [-0.4, -0.2) is 34.7 Å². The molecule has 4 rings (SSSR count). The summed E-state index contributed by atoms with van der Waals surface area (Å²) in [5.41, 5.74) is 1.12. The minimum Gasteiger partial charge on any atom is -0.469 e. The van der Waals surface area contributed by atoms with Crippen LogP contribution < -0.4 is 10.6 Å². The van der Waals surface area contributed by atoms with E-state index in [4.69, 9.17) is 40.2 Å². The van der Waals surface area contributed by atoms with Crippen molar-refractivity contribution in [3.05, 3.63) is 58.6 Å². The first-order valence-electron chi connectivity index (χ1n) is 14.8. The van der Waals surface area contributed by atoms with Crippen molar-refractivity contribution in [3.63, 3.8) is 0 Å². The molecule has 0 aromatic heterocycles. The number of ether oxygens (including phenoxy) is 1. The average molecular weight is 636 g/mol. The van der Waals surface area contributed by atoms with Gasteiger partial charge in [-0.2, -0.15) is 0 Å². The zero-order chi connectivity index (χ0) is 30.7. The minimum atomic E-state index is -0.551. The van der Waals surface area contributed by atoms with E-state index in [0.29, 0.717) is 34.2 Å². The number of halogens is 2. The highest BCUT2D eigenvalue weighted by Crippen LogP contribution is 2.37. The number of methoxy groups -OCH3 is 1. The van der Waals surface area contributed by atoms with E-state index in [1.165, 1.54) is 7.11 Å². The van der Waals surface area contributed by atoms with Gasteiger partial charge in [0.05, 0.1) is 23.6 Å². The summed E-state index contributed by atoms with van der Waals surface area (Å²) in [6.07, 6.45) is 9.27. The molecule has 2 aliphatic carbocycles. The summed E-state index contributed by atoms with van der Waals surface area (Å²) in [6.45, 7) is 3.84. The lowest BCUT2D eigenvalue weighted by Gasteiger charge is -2.35. The van der Waals surface area contributed by atoms with Gasteiger partial charge in [-0.05, 0) is 119 Å². The van der Waals surface area contributed by atoms with Gasteiger partial charge in [-0.25, -0.2) is 0 Å². The van der Waals surface area contributed by atoms with Crippen LogP contribution in [0.1, 0.15) is 78.1 Å². The van der Waals surface area contributed by atoms with Gasteiger partial charge in [0.25, 0.3) is 0 Å². The lowest BCUT2D eigenvalue weighted by Crippen LogP contribution is -2.34. The molecule has 9 heteroatoms. The third kappa shape index (κ3) is 11.8. The second kappa shape index (κ2) is 16.6. The second-order valence-corrected chi connectivity index (χ2v) is 13.5. The number of rotatable bonds is 8. The molecule has 0 unspecified atom stereocenters. The molecule has 42 heavy (non-hydrogen) atoms. The zero-order valence-electron chi connectivity index (χ0n) is 24.8. The number of hydrogen-bond donors (Lipinski definition) is 3. The first-order chi connectivity index (χ1) is 19.9. The van der Waals surface area contributed by atoms with Crippen molar-refractivity contribution >= 4 is 63.7 Å². The van der Waals surface area contributed by atoms with E-state index in [2.05, 4.69) is 10.6 Å². The van der Waals surface area contributed by atoms with E-state index < -0.39 is 5.60 Å². The standard InChI is InChI=1S/C17H24ClNOS.C16H20ClNO3/c1-17(2,20)13-8-6-12(7-9-13)10-16(21)19-15-5-3-4-14(18)11-15;1-21-16(20)12-7-5-11(6-8-12)9-15(19)18-14-4-2-3-13(17)10-14/h3-5,11-13,20H,6-10H2,1-2H3,(H,19,21);2-4,10-12H,5-9H2,1H3,(H,18,19). The van der Waals surface area contributed by atoms with Gasteiger partial charge in [0, 0.05) is 34.3 Å². The van der Waals surface area contributed by atoms with Crippen molar-refractivity contribution < 1.29 is 19.4 Å². The first-order valence-corrected chi connectivity index (χ1v) is 16.0. The molecular formula is C33H44Cl2N2O4S. The van der Waals surface area contributed by atoms with Gasteiger partial charge < -0.3 is 20.5 Å². The zero-order valence-corrected chi connectivity index (χ0v) is 27.2. The topological polar surface area (TPSA) is 87.7 Å². The average Bonchev–Trinajstić information content (AvgIpc) is 2.93. The van der Waals surface area contributed by atoms with Gasteiger partial charge in [-0.15, -0.1) is 0 Å². The molecule has 0 aliphatic heterocycles. The highest BCUT2D eigenvalue weighted by Gasteiger charge is 2.31. The largest absolute Gasteiger partial charge is 0.469 e. The molecule has 2 aromatic rings. The molecule has 2 fully saturated rings. The number of aliphatic hydroxyl groups is 1. The molecule has 0 heterocycles. The normalized spacial score (nSPS) is 22.2. The van der Waals surface area contributed by atoms with E-state index in [-0.39, 0.29) is 17.8 Å². The Labute approximate surface area is 265 Å². The summed E-state index contributed by atoms with van der Waals surface area (Å²) in [4.78, 5) is 24.4. The number of nitrogens with one attached hydrogen (secondary N) is 2. The van der Waals surface area contributed by atoms with Crippen LogP contribution in [0.4, 0.5) is 11.4 Å². The Morgan fingerprint density at radius 3 is 1.86 bits per heavy atom. The third-order valence-corrected chi connectivity index (χ3v) is 9.13. The number of carbonyl (C=O) groups is 2. The van der Waals surface area contributed by atoms with Gasteiger partial charge in [0.2, 0.25) is 5.91 Å². The monoisotopic (exact) mass is 634 g/mol. The van der Waals surface area contributed by atoms with Gasteiger partial charge in [0.1, 0.15) is 0 Å². The van der Waals surface area contributed by atoms with Gasteiger partial charge in [-0.1, -0.05) is 47.6 Å². The Morgan fingerprint density at radius 2 is 1.36 bits per heavy atom. The maximum Gasteiger partial charge on any atom is 0.308 e. The van der Waals surface area contributed by atoms with E-state index in [1.54, 1.807) is 18.2 Å². The molecule has 0 bridgehead atoms. The van der Waals surface area contributed by atoms with Crippen LogP contribution in [0.25, 0.3) is 0 Å². The first kappa shape index (κ1) is 34.3. The smallest absolute Gasteiger partial charge is 0.308 e. The second-order valence-electron chi connectivity index (χ2n) is 12.1. The maximum absolute atomic E-state index is 12.0. The number of benzene rings is 2. The lowest BCUT2D eigenvalue weighted by molar-refractivity contribution is -0.146. The fourth-order valence-corrected chi connectivity index (χ4v) is 6.66. The summed E-state index contributed by atoms with van der Waals surface area (Å²) in [7, 11) is 1.42. The van der Waals surface area contributed by atoms with E-state index in [0.717, 1.165) is 74.2 Å². The molecule has 3 N–H and O–H groups in total. The Bertz CT molecular complexity index is 1190. The van der Waals surface area contributed by atoms with Crippen molar-refractivity contribution in [1.82, 2.24) is 0 Å². The third-order valence-electron chi connectivity index (χ3n) is 8.39. The summed E-state index contributed by atoms with van der Waals surface area (Å²) >= 11 is 17.3. The van der Waals surface area contributed by atoms with Gasteiger partial charge in [0.15, 0.2) is 0 Å². The van der Waals surface area contributed by atoms with Crippen molar-refractivity contribution in [2.24, 2.45) is 23.7 Å². The molecule has 6 nitrogen and oxygen atoms in total. The van der Waals surface area contributed by atoms with Crippen molar-refractivity contribution in [2.75, 3.05) is 17.7 Å². The molecule has 2 aromatic carbocycles. The lowest BCUT2D eigenvalue weighted by atomic mass is 9.74. The Hall–Kier alpha value is -2.19. The van der Waals surface area contributed by atoms with Crippen molar-refractivity contribution in [3.8, 4) is 0 Å². The Kier molecular flexibility index (Phi) is 13.6. The molecule has 0 radical (unpaired) electrons. The molecule has 0 saturated heterocycles. The fraction of sp³-hybridized carbons (Fsp3) is 0.545. The number of carbonyl (C=O) groups excluding carboxylic acids is 2. The van der Waals surface area contributed by atoms with E-state index in [1.807, 2.05) is 44.2 Å². The quantitative estimate of drug-likeness (QED) is 0.199. The van der Waals surface area contributed by atoms with E-state index in [9.17, 15) is 14.7 Å². The molecule has 2 aliphatic rings. The summed E-state index contributed by atoms with van der Waals surface area (Å²) in [5.74, 6) is 1.26. The summed E-state index contributed by atoms with van der Waals surface area (Å²) < 4.78 is 4.77. The molecule has 0 spiro atoms. The summed E-state index contributed by atoms with van der Waals surface area (Å²) in [5, 5.41) is 17.5. The van der Waals surface area contributed by atoms with Crippen LogP contribution in [0, 0.1) is 23.7 Å². The SMILES string of the molecule is CC(C)(O)C1CCC(CC(=S)Nc2cccc(Cl)c2)CC1.COC(=O)C1CCC(CC(=O)Nc2cccc(Cl)c2)CC1. The van der Waals surface area contributed by atoms with Gasteiger partial charge >= 0.3 is 5.97 Å². The number of anilines is 2. The van der Waals surface area contributed by atoms with E-state index >= 15 is 0 Å². The summed E-state index contributed by atoms with van der Waals surface area (Å²) in [6, 6.07) is 14.8. The predicted octanol–water partition coefficient (Wildman–Crippen LogP) is 8.69. The molecule has 1 amide bonds. The Morgan fingerprint density at radius 1 is 0.857 bits per heavy atom. The molecule has 230 valence electrons. The number of thiocarbonyl (C=S) groups is 1. The maximum atomic E-state index is 12.0. The molecular weight excluding hydrogens is 591 g/mol. The minimum absolute atomic E-state index is 0.00113. The highest BCUT2D eigenvalue weighted by atomic mass is 35.5.